The van der Waals surface area contributed by atoms with E-state index < -0.39 is 23.8 Å². The van der Waals surface area contributed by atoms with Crippen LogP contribution in [0.25, 0.3) is 0 Å². The fourth-order valence-electron chi connectivity index (χ4n) is 3.95. The molecule has 4 rings (SSSR count). The molecule has 1 fully saturated rings. The van der Waals surface area contributed by atoms with E-state index in [2.05, 4.69) is 0 Å². The quantitative estimate of drug-likeness (QED) is 0.703. The Hall–Kier alpha value is -3.47. The Kier molecular flexibility index (Phi) is 5.61. The smallest absolute Gasteiger partial charge is 0.273 e. The highest BCUT2D eigenvalue weighted by Gasteiger charge is 2.47. The van der Waals surface area contributed by atoms with Crippen molar-refractivity contribution in [3.63, 3.8) is 0 Å². The van der Waals surface area contributed by atoms with Crippen molar-refractivity contribution in [3.05, 3.63) is 95.7 Å². The Labute approximate surface area is 176 Å². The minimum Gasteiger partial charge on any atom is -0.273 e. The van der Waals surface area contributed by atoms with Gasteiger partial charge in [-0.15, -0.1) is 0 Å². The third-order valence-corrected chi connectivity index (χ3v) is 5.52. The zero-order valence-corrected chi connectivity index (χ0v) is 16.9. The number of hydrogen-bond acceptors (Lipinski definition) is 3. The summed E-state index contributed by atoms with van der Waals surface area (Å²) >= 11 is 0. The van der Waals surface area contributed by atoms with Crippen molar-refractivity contribution in [2.24, 2.45) is 11.8 Å². The van der Waals surface area contributed by atoms with Gasteiger partial charge in [-0.05, 0) is 36.0 Å². The average Bonchev–Trinajstić information content (AvgIpc) is 2.76. The maximum atomic E-state index is 13.3. The first kappa shape index (κ1) is 19.8. The van der Waals surface area contributed by atoms with Crippen LogP contribution < -0.4 is 0 Å². The highest BCUT2D eigenvalue weighted by Crippen LogP contribution is 2.30. The van der Waals surface area contributed by atoms with Gasteiger partial charge in [0, 0.05) is 5.70 Å². The van der Waals surface area contributed by atoms with Crippen LogP contribution in [0.15, 0.2) is 84.6 Å². The lowest BCUT2D eigenvalue weighted by Crippen LogP contribution is -2.59. The number of allylic oxidation sites excluding steroid dienone is 4. The number of barbiturate groups is 1. The molecule has 2 atom stereocenters. The third-order valence-electron chi connectivity index (χ3n) is 5.52. The van der Waals surface area contributed by atoms with Gasteiger partial charge in [0.2, 0.25) is 11.8 Å². The fraction of sp³-hybridized carbons (Fsp3) is 0.240. The summed E-state index contributed by atoms with van der Waals surface area (Å²) < 4.78 is 0. The van der Waals surface area contributed by atoms with Crippen LogP contribution in [0.1, 0.15) is 24.5 Å². The highest BCUT2D eigenvalue weighted by atomic mass is 16.2. The molecule has 2 aromatic rings. The summed E-state index contributed by atoms with van der Waals surface area (Å²) in [6.07, 6.45) is 6.56. The van der Waals surface area contributed by atoms with Crippen molar-refractivity contribution < 1.29 is 14.4 Å². The van der Waals surface area contributed by atoms with Crippen LogP contribution >= 0.6 is 0 Å². The summed E-state index contributed by atoms with van der Waals surface area (Å²) in [5, 5.41) is 0. The van der Waals surface area contributed by atoms with Crippen LogP contribution in [0.3, 0.4) is 0 Å². The molecule has 0 spiro atoms. The molecular formula is C25H24N2O3. The predicted octanol–water partition coefficient (Wildman–Crippen LogP) is 4.32. The second kappa shape index (κ2) is 8.49. The minimum atomic E-state index is -0.920. The van der Waals surface area contributed by atoms with E-state index in [0.717, 1.165) is 11.1 Å². The number of nitrogens with zero attached hydrogens (tertiary/aromatic N) is 2. The molecule has 30 heavy (non-hydrogen) atoms. The molecule has 0 N–H and O–H groups in total. The molecule has 5 heteroatoms. The van der Waals surface area contributed by atoms with Gasteiger partial charge in [0.15, 0.2) is 0 Å². The Balaban J connectivity index is 1.69. The van der Waals surface area contributed by atoms with E-state index in [-0.39, 0.29) is 18.9 Å². The van der Waals surface area contributed by atoms with Gasteiger partial charge < -0.3 is 0 Å². The van der Waals surface area contributed by atoms with Crippen molar-refractivity contribution in [2.75, 3.05) is 0 Å². The maximum Gasteiger partial charge on any atom is 0.338 e. The summed E-state index contributed by atoms with van der Waals surface area (Å²) in [7, 11) is 0. The van der Waals surface area contributed by atoms with Crippen molar-refractivity contribution in [1.29, 1.82) is 0 Å². The molecule has 1 aliphatic carbocycles. The van der Waals surface area contributed by atoms with Gasteiger partial charge in [-0.2, -0.15) is 0 Å². The monoisotopic (exact) mass is 400 g/mol. The largest absolute Gasteiger partial charge is 0.338 e. The zero-order valence-electron chi connectivity index (χ0n) is 16.9. The van der Waals surface area contributed by atoms with E-state index in [1.807, 2.05) is 79.7 Å². The predicted molar refractivity (Wildman–Crippen MR) is 114 cm³/mol. The first-order valence-corrected chi connectivity index (χ1v) is 10.2. The first-order chi connectivity index (χ1) is 14.5. The van der Waals surface area contributed by atoms with E-state index in [0.29, 0.717) is 12.1 Å². The number of hydrogen-bond donors (Lipinski definition) is 0. The van der Waals surface area contributed by atoms with Gasteiger partial charge in [-0.25, -0.2) is 9.69 Å². The lowest BCUT2D eigenvalue weighted by atomic mass is 9.92. The van der Waals surface area contributed by atoms with Gasteiger partial charge in [0.1, 0.15) is 5.92 Å². The molecule has 1 aliphatic heterocycles. The van der Waals surface area contributed by atoms with Crippen molar-refractivity contribution in [3.8, 4) is 0 Å². The Morgan fingerprint density at radius 2 is 1.50 bits per heavy atom. The lowest BCUT2D eigenvalue weighted by molar-refractivity contribution is -0.148. The molecule has 2 aliphatic rings. The summed E-state index contributed by atoms with van der Waals surface area (Å²) in [6.45, 7) is 2.18. The number of rotatable bonds is 5. The standard InChI is InChI=1S/C25H24N2O3/c1-18-9-8-14-21(15-18)27-24(29)22(16-19-10-4-2-5-11-19)23(28)26(25(27)30)17-20-12-6-3-7-13-20/h2-14,18,22H,15-17H2,1H3. The number of imide groups is 2. The molecule has 152 valence electrons. The van der Waals surface area contributed by atoms with Crippen molar-refractivity contribution in [1.82, 2.24) is 9.80 Å². The average molecular weight is 400 g/mol. The van der Waals surface area contributed by atoms with Crippen LogP contribution in [-0.4, -0.2) is 27.6 Å². The second-order valence-corrected chi connectivity index (χ2v) is 7.83. The lowest BCUT2D eigenvalue weighted by Gasteiger charge is -2.38. The maximum absolute atomic E-state index is 13.3. The summed E-state index contributed by atoms with van der Waals surface area (Å²) in [6, 6.07) is 18.3. The first-order valence-electron chi connectivity index (χ1n) is 10.2. The van der Waals surface area contributed by atoms with Crippen molar-refractivity contribution in [2.45, 2.75) is 26.3 Å². The highest BCUT2D eigenvalue weighted by molar-refractivity contribution is 6.17. The van der Waals surface area contributed by atoms with E-state index in [9.17, 15) is 14.4 Å². The van der Waals surface area contributed by atoms with Crippen LogP contribution in [0.2, 0.25) is 0 Å². The summed E-state index contributed by atoms with van der Waals surface area (Å²) in [5.41, 5.74) is 2.38. The number of carbonyl (C=O) groups is 3. The third kappa shape index (κ3) is 3.96. The van der Waals surface area contributed by atoms with Crippen LogP contribution in [0, 0.1) is 11.8 Å². The molecule has 0 bridgehead atoms. The van der Waals surface area contributed by atoms with E-state index in [4.69, 9.17) is 0 Å². The number of carbonyl (C=O) groups excluding carboxylic acids is 3. The Morgan fingerprint density at radius 1 is 0.867 bits per heavy atom. The SMILES string of the molecule is CC1C=CC=C(N2C(=O)C(Cc3ccccc3)C(=O)N(Cc3ccccc3)C2=O)C1. The van der Waals surface area contributed by atoms with Gasteiger partial charge in [0.05, 0.1) is 6.54 Å². The summed E-state index contributed by atoms with van der Waals surface area (Å²) in [4.78, 5) is 42.4. The number of amides is 4. The molecule has 0 radical (unpaired) electrons. The van der Waals surface area contributed by atoms with E-state index in [1.165, 1.54) is 9.80 Å². The Morgan fingerprint density at radius 3 is 2.13 bits per heavy atom. The van der Waals surface area contributed by atoms with Crippen LogP contribution in [0.5, 0.6) is 0 Å². The summed E-state index contributed by atoms with van der Waals surface area (Å²) in [5.74, 6) is -1.57. The van der Waals surface area contributed by atoms with Gasteiger partial charge in [-0.1, -0.05) is 79.7 Å². The molecular weight excluding hydrogens is 376 g/mol. The number of urea groups is 1. The van der Waals surface area contributed by atoms with Crippen LogP contribution in [-0.2, 0) is 22.6 Å². The Bertz CT molecular complexity index is 948. The molecule has 1 heterocycles. The fourth-order valence-corrected chi connectivity index (χ4v) is 3.95. The molecule has 2 unspecified atom stereocenters. The normalized spacial score (nSPS) is 21.8. The molecule has 4 amide bonds. The van der Waals surface area contributed by atoms with Crippen molar-refractivity contribution >= 4 is 17.8 Å². The topological polar surface area (TPSA) is 57.7 Å². The van der Waals surface area contributed by atoms with Gasteiger partial charge in [0.25, 0.3) is 0 Å². The molecule has 0 saturated carbocycles. The van der Waals surface area contributed by atoms with Gasteiger partial charge in [-0.3, -0.25) is 14.5 Å². The molecule has 0 aromatic heterocycles. The van der Waals surface area contributed by atoms with E-state index >= 15 is 0 Å². The molecule has 2 aromatic carbocycles. The number of benzene rings is 2. The van der Waals surface area contributed by atoms with Crippen LogP contribution in [0.4, 0.5) is 4.79 Å². The zero-order chi connectivity index (χ0) is 21.1. The second-order valence-electron chi connectivity index (χ2n) is 7.83. The minimum absolute atomic E-state index is 0.145. The van der Waals surface area contributed by atoms with E-state index in [1.54, 1.807) is 6.08 Å². The van der Waals surface area contributed by atoms with Gasteiger partial charge >= 0.3 is 6.03 Å². The molecule has 5 nitrogen and oxygen atoms in total. The molecule has 1 saturated heterocycles.